The second-order valence-electron chi connectivity index (χ2n) is 12.0. The molecule has 10 heteroatoms. The summed E-state index contributed by atoms with van der Waals surface area (Å²) in [5, 5.41) is 3.86. The van der Waals surface area contributed by atoms with E-state index in [1.165, 1.54) is 17.0 Å². The van der Waals surface area contributed by atoms with Crippen molar-refractivity contribution in [2.24, 2.45) is 0 Å². The van der Waals surface area contributed by atoms with Crippen LogP contribution in [-0.2, 0) is 32.6 Å². The minimum absolute atomic E-state index is 0.00604. The molecule has 0 bridgehead atoms. The number of amides is 2. The first-order valence-corrected chi connectivity index (χ1v) is 18.0. The molecule has 0 aliphatic heterocycles. The Bertz CT molecular complexity index is 1790. The summed E-state index contributed by atoms with van der Waals surface area (Å²) >= 11 is 13.2. The van der Waals surface area contributed by atoms with E-state index in [2.05, 4.69) is 5.32 Å². The molecule has 0 spiro atoms. The van der Waals surface area contributed by atoms with Crippen molar-refractivity contribution in [2.45, 2.75) is 69.5 Å². The van der Waals surface area contributed by atoms with Crippen molar-refractivity contribution in [2.75, 3.05) is 10.8 Å². The summed E-state index contributed by atoms with van der Waals surface area (Å²) in [4.78, 5) is 30.4. The highest BCUT2D eigenvalue weighted by molar-refractivity contribution is 7.92. The third-order valence-electron chi connectivity index (χ3n) is 8.61. The SMILES string of the molecule is Cc1ccc(C)c(N(CC(=O)N(Cc2c(Cl)cccc2Cl)[C@@H](Cc2ccccc2)C(=O)NC2CCCC2)S(=O)(=O)c2ccccc2)c1. The number of halogens is 2. The zero-order chi connectivity index (χ0) is 33.6. The van der Waals surface area contributed by atoms with Gasteiger partial charge >= 0.3 is 0 Å². The predicted molar refractivity (Wildman–Crippen MR) is 188 cm³/mol. The van der Waals surface area contributed by atoms with Crippen molar-refractivity contribution < 1.29 is 18.0 Å². The van der Waals surface area contributed by atoms with Gasteiger partial charge in [-0.25, -0.2) is 8.42 Å². The van der Waals surface area contributed by atoms with Crippen LogP contribution < -0.4 is 9.62 Å². The fourth-order valence-electron chi connectivity index (χ4n) is 6.00. The van der Waals surface area contributed by atoms with Gasteiger partial charge in [0.2, 0.25) is 11.8 Å². The highest BCUT2D eigenvalue weighted by atomic mass is 35.5. The van der Waals surface area contributed by atoms with E-state index in [0.717, 1.165) is 41.1 Å². The number of aryl methyl sites for hydroxylation is 2. The first-order valence-electron chi connectivity index (χ1n) is 15.8. The lowest BCUT2D eigenvalue weighted by atomic mass is 10.0. The van der Waals surface area contributed by atoms with Gasteiger partial charge in [0.15, 0.2) is 0 Å². The maximum Gasteiger partial charge on any atom is 0.264 e. The number of benzene rings is 4. The minimum atomic E-state index is -4.20. The van der Waals surface area contributed by atoms with Crippen molar-refractivity contribution in [3.8, 4) is 0 Å². The molecule has 1 aliphatic rings. The average molecular weight is 693 g/mol. The van der Waals surface area contributed by atoms with E-state index in [4.69, 9.17) is 23.2 Å². The van der Waals surface area contributed by atoms with Crippen LogP contribution in [0.2, 0.25) is 10.0 Å². The van der Waals surface area contributed by atoms with E-state index in [1.54, 1.807) is 49.4 Å². The Morgan fingerprint density at radius 1 is 0.851 bits per heavy atom. The van der Waals surface area contributed by atoms with Crippen molar-refractivity contribution in [3.05, 3.63) is 129 Å². The van der Waals surface area contributed by atoms with Crippen molar-refractivity contribution >= 4 is 50.7 Å². The largest absolute Gasteiger partial charge is 0.352 e. The van der Waals surface area contributed by atoms with E-state index in [0.29, 0.717) is 26.9 Å². The van der Waals surface area contributed by atoms with Gasteiger partial charge in [-0.15, -0.1) is 0 Å². The second kappa shape index (κ2) is 15.4. The lowest BCUT2D eigenvalue weighted by Crippen LogP contribution is -2.54. The standard InChI is InChI=1S/C37H39Cl2N3O4S/c1-26-20-21-27(2)34(22-26)42(47(45,46)30-16-7-4-8-17-30)25-36(43)41(24-31-32(38)18-11-19-33(31)39)35(23-28-12-5-3-6-13-28)37(44)40-29-14-9-10-15-29/h3-8,11-13,16-22,29,35H,9-10,14-15,23-25H2,1-2H3,(H,40,44)/t35-/m0/s1. The van der Waals surface area contributed by atoms with Crippen LogP contribution in [0.4, 0.5) is 5.69 Å². The first-order chi connectivity index (χ1) is 22.5. The number of carbonyl (C=O) groups is 2. The molecule has 1 atom stereocenters. The summed E-state index contributed by atoms with van der Waals surface area (Å²) in [6.07, 6.45) is 3.98. The zero-order valence-electron chi connectivity index (χ0n) is 26.5. The van der Waals surface area contributed by atoms with Crippen molar-refractivity contribution in [3.63, 3.8) is 0 Å². The molecular weight excluding hydrogens is 653 g/mol. The number of nitrogens with zero attached hydrogens (tertiary/aromatic N) is 2. The molecule has 1 saturated carbocycles. The Morgan fingerprint density at radius 2 is 1.47 bits per heavy atom. The number of rotatable bonds is 12. The summed E-state index contributed by atoms with van der Waals surface area (Å²) < 4.78 is 29.7. The summed E-state index contributed by atoms with van der Waals surface area (Å²) in [7, 11) is -4.20. The smallest absolute Gasteiger partial charge is 0.264 e. The second-order valence-corrected chi connectivity index (χ2v) is 14.7. The number of carbonyl (C=O) groups excluding carboxylic acids is 2. The highest BCUT2D eigenvalue weighted by Crippen LogP contribution is 2.31. The van der Waals surface area contributed by atoms with Gasteiger partial charge in [0.25, 0.3) is 10.0 Å². The lowest BCUT2D eigenvalue weighted by Gasteiger charge is -2.35. The van der Waals surface area contributed by atoms with Crippen LogP contribution in [0.15, 0.2) is 102 Å². The fraction of sp³-hybridized carbons (Fsp3) is 0.297. The molecule has 4 aromatic rings. The summed E-state index contributed by atoms with van der Waals surface area (Å²) in [5.74, 6) is -0.870. The zero-order valence-corrected chi connectivity index (χ0v) is 28.9. The molecule has 0 unspecified atom stereocenters. The molecule has 47 heavy (non-hydrogen) atoms. The van der Waals surface area contributed by atoms with Gasteiger partial charge in [-0.05, 0) is 73.7 Å². The topological polar surface area (TPSA) is 86.8 Å². The van der Waals surface area contributed by atoms with Gasteiger partial charge in [-0.1, -0.05) is 103 Å². The van der Waals surface area contributed by atoms with Gasteiger partial charge in [0.05, 0.1) is 10.6 Å². The van der Waals surface area contributed by atoms with E-state index >= 15 is 0 Å². The molecule has 2 amide bonds. The molecule has 0 saturated heterocycles. The van der Waals surface area contributed by atoms with Crippen molar-refractivity contribution in [1.82, 2.24) is 10.2 Å². The van der Waals surface area contributed by atoms with E-state index in [-0.39, 0.29) is 29.8 Å². The molecule has 246 valence electrons. The fourth-order valence-corrected chi connectivity index (χ4v) is 8.00. The maximum atomic E-state index is 14.8. The third kappa shape index (κ3) is 8.36. The number of nitrogens with one attached hydrogen (secondary N) is 1. The molecule has 0 heterocycles. The Labute approximate surface area is 287 Å². The Kier molecular flexibility index (Phi) is 11.3. The van der Waals surface area contributed by atoms with E-state index in [9.17, 15) is 18.0 Å². The van der Waals surface area contributed by atoms with Crippen LogP contribution in [0, 0.1) is 13.8 Å². The van der Waals surface area contributed by atoms with E-state index in [1.807, 2.05) is 49.4 Å². The van der Waals surface area contributed by atoms with Gasteiger partial charge in [-0.2, -0.15) is 0 Å². The molecular formula is C37H39Cl2N3O4S. The molecule has 4 aromatic carbocycles. The number of hydrogen-bond donors (Lipinski definition) is 1. The molecule has 1 fully saturated rings. The lowest BCUT2D eigenvalue weighted by molar-refractivity contribution is -0.140. The quantitative estimate of drug-likeness (QED) is 0.167. The highest BCUT2D eigenvalue weighted by Gasteiger charge is 2.36. The maximum absolute atomic E-state index is 14.8. The van der Waals surface area contributed by atoms with Gasteiger partial charge in [-0.3, -0.25) is 13.9 Å². The van der Waals surface area contributed by atoms with E-state index < -0.39 is 28.5 Å². The van der Waals surface area contributed by atoms with Crippen LogP contribution >= 0.6 is 23.2 Å². The number of sulfonamides is 1. The summed E-state index contributed by atoms with van der Waals surface area (Å²) in [6, 6.07) is 27.1. The summed E-state index contributed by atoms with van der Waals surface area (Å²) in [5.41, 5.74) is 3.23. The Hall–Kier alpha value is -3.85. The molecule has 5 rings (SSSR count). The molecule has 1 aliphatic carbocycles. The van der Waals surface area contributed by atoms with Crippen molar-refractivity contribution in [1.29, 1.82) is 0 Å². The number of hydrogen-bond acceptors (Lipinski definition) is 4. The molecule has 0 radical (unpaired) electrons. The van der Waals surface area contributed by atoms with Gasteiger partial charge in [0, 0.05) is 34.6 Å². The van der Waals surface area contributed by atoms with Crippen LogP contribution in [0.3, 0.4) is 0 Å². The van der Waals surface area contributed by atoms with Gasteiger partial charge < -0.3 is 10.2 Å². The molecule has 1 N–H and O–H groups in total. The first kappa shape index (κ1) is 34.5. The minimum Gasteiger partial charge on any atom is -0.352 e. The summed E-state index contributed by atoms with van der Waals surface area (Å²) in [6.45, 7) is 3.03. The average Bonchev–Trinajstić information content (AvgIpc) is 3.57. The normalized spacial score (nSPS) is 14.0. The van der Waals surface area contributed by atoms with Crippen LogP contribution in [-0.4, -0.2) is 43.8 Å². The van der Waals surface area contributed by atoms with Crippen LogP contribution in [0.5, 0.6) is 0 Å². The van der Waals surface area contributed by atoms with Gasteiger partial charge in [0.1, 0.15) is 12.6 Å². The number of anilines is 1. The van der Waals surface area contributed by atoms with Crippen LogP contribution in [0.1, 0.15) is 47.9 Å². The Balaban J connectivity index is 1.61. The predicted octanol–water partition coefficient (Wildman–Crippen LogP) is 7.50. The Morgan fingerprint density at radius 3 is 2.11 bits per heavy atom. The molecule has 0 aromatic heterocycles. The molecule has 7 nitrogen and oxygen atoms in total. The van der Waals surface area contributed by atoms with Crippen LogP contribution in [0.25, 0.3) is 0 Å². The monoisotopic (exact) mass is 691 g/mol. The third-order valence-corrected chi connectivity index (χ3v) is 11.1.